The van der Waals surface area contributed by atoms with E-state index >= 15 is 0 Å². The van der Waals surface area contributed by atoms with Crippen LogP contribution in [0.3, 0.4) is 0 Å². The summed E-state index contributed by atoms with van der Waals surface area (Å²) in [5.41, 5.74) is 0. The van der Waals surface area contributed by atoms with Crippen molar-refractivity contribution in [1.29, 1.82) is 0 Å². The van der Waals surface area contributed by atoms with Gasteiger partial charge in [0.15, 0.2) is 0 Å². The summed E-state index contributed by atoms with van der Waals surface area (Å²) >= 11 is 0. The van der Waals surface area contributed by atoms with Crippen molar-refractivity contribution in [2.45, 2.75) is 70.4 Å². The van der Waals surface area contributed by atoms with E-state index in [0.29, 0.717) is 6.10 Å². The lowest BCUT2D eigenvalue weighted by atomic mass is 9.91. The Kier molecular flexibility index (Phi) is 5.11. The van der Waals surface area contributed by atoms with E-state index in [-0.39, 0.29) is 0 Å². The Labute approximate surface area is 100 Å². The van der Waals surface area contributed by atoms with E-state index in [1.165, 1.54) is 51.4 Å². The van der Waals surface area contributed by atoms with Crippen molar-refractivity contribution >= 4 is 0 Å². The van der Waals surface area contributed by atoms with Gasteiger partial charge < -0.3 is 10.1 Å². The summed E-state index contributed by atoms with van der Waals surface area (Å²) in [5.74, 6) is 0.922. The molecule has 1 heterocycles. The maximum Gasteiger partial charge on any atom is 0.0590 e. The largest absolute Gasteiger partial charge is 0.378 e. The highest BCUT2D eigenvalue weighted by Gasteiger charge is 2.27. The fourth-order valence-electron chi connectivity index (χ4n) is 3.34. The second-order valence-corrected chi connectivity index (χ2v) is 5.43. The standard InChI is InChI=1S/C14H27NO/c1-2-15-14(12-7-3-4-8-12)11-13-9-5-6-10-16-13/h12-15H,2-11H2,1H3. The Hall–Kier alpha value is -0.0800. The van der Waals surface area contributed by atoms with Crippen molar-refractivity contribution in [2.75, 3.05) is 13.2 Å². The smallest absolute Gasteiger partial charge is 0.0590 e. The molecule has 1 aliphatic heterocycles. The van der Waals surface area contributed by atoms with Crippen molar-refractivity contribution in [1.82, 2.24) is 5.32 Å². The van der Waals surface area contributed by atoms with E-state index in [0.717, 1.165) is 25.1 Å². The molecular weight excluding hydrogens is 198 g/mol. The summed E-state index contributed by atoms with van der Waals surface area (Å²) in [6.45, 7) is 4.33. The fourth-order valence-corrected chi connectivity index (χ4v) is 3.34. The highest BCUT2D eigenvalue weighted by Crippen LogP contribution is 2.31. The molecule has 16 heavy (non-hydrogen) atoms. The van der Waals surface area contributed by atoms with Gasteiger partial charge in [0.2, 0.25) is 0 Å². The van der Waals surface area contributed by atoms with E-state index in [1.807, 2.05) is 0 Å². The third kappa shape index (κ3) is 3.46. The fraction of sp³-hybridized carbons (Fsp3) is 1.00. The average molecular weight is 225 g/mol. The lowest BCUT2D eigenvalue weighted by Crippen LogP contribution is -2.39. The first-order valence-electron chi connectivity index (χ1n) is 7.25. The Morgan fingerprint density at radius 3 is 2.50 bits per heavy atom. The molecule has 0 spiro atoms. The second-order valence-electron chi connectivity index (χ2n) is 5.43. The number of ether oxygens (including phenoxy) is 1. The average Bonchev–Trinajstić information content (AvgIpc) is 2.83. The van der Waals surface area contributed by atoms with Crippen LogP contribution in [0.15, 0.2) is 0 Å². The Morgan fingerprint density at radius 2 is 1.88 bits per heavy atom. The van der Waals surface area contributed by atoms with Crippen LogP contribution >= 0.6 is 0 Å². The zero-order chi connectivity index (χ0) is 11.2. The molecule has 2 fully saturated rings. The van der Waals surface area contributed by atoms with Crippen molar-refractivity contribution in [3.8, 4) is 0 Å². The Bertz CT molecular complexity index is 183. The van der Waals surface area contributed by atoms with Crippen LogP contribution in [-0.2, 0) is 4.74 Å². The summed E-state index contributed by atoms with van der Waals surface area (Å²) < 4.78 is 5.87. The van der Waals surface area contributed by atoms with Gasteiger partial charge in [0, 0.05) is 12.6 Å². The highest BCUT2D eigenvalue weighted by molar-refractivity contribution is 4.83. The number of hydrogen-bond acceptors (Lipinski definition) is 2. The minimum atomic E-state index is 0.540. The van der Waals surface area contributed by atoms with Gasteiger partial charge in [-0.3, -0.25) is 0 Å². The van der Waals surface area contributed by atoms with Crippen LogP contribution in [0.25, 0.3) is 0 Å². The quantitative estimate of drug-likeness (QED) is 0.776. The van der Waals surface area contributed by atoms with E-state index in [9.17, 15) is 0 Å². The first kappa shape index (κ1) is 12.4. The number of rotatable bonds is 5. The molecule has 0 radical (unpaired) electrons. The van der Waals surface area contributed by atoms with Gasteiger partial charge in [-0.2, -0.15) is 0 Å². The zero-order valence-electron chi connectivity index (χ0n) is 10.7. The Balaban J connectivity index is 1.80. The maximum absolute atomic E-state index is 5.87. The molecule has 94 valence electrons. The molecule has 0 aromatic carbocycles. The van der Waals surface area contributed by atoms with Gasteiger partial charge in [-0.05, 0) is 51.0 Å². The molecule has 2 atom stereocenters. The monoisotopic (exact) mass is 225 g/mol. The summed E-state index contributed by atoms with van der Waals surface area (Å²) in [6.07, 6.45) is 11.5. The molecule has 1 aliphatic carbocycles. The third-order valence-electron chi connectivity index (χ3n) is 4.23. The van der Waals surface area contributed by atoms with Gasteiger partial charge in [-0.15, -0.1) is 0 Å². The van der Waals surface area contributed by atoms with Crippen LogP contribution in [0.2, 0.25) is 0 Å². The normalized spacial score (nSPS) is 29.4. The first-order chi connectivity index (χ1) is 7.90. The van der Waals surface area contributed by atoms with E-state index < -0.39 is 0 Å². The van der Waals surface area contributed by atoms with Crippen molar-refractivity contribution in [2.24, 2.45) is 5.92 Å². The topological polar surface area (TPSA) is 21.3 Å². The molecule has 0 aromatic heterocycles. The van der Waals surface area contributed by atoms with E-state index in [4.69, 9.17) is 4.74 Å². The van der Waals surface area contributed by atoms with Crippen LogP contribution in [0.5, 0.6) is 0 Å². The van der Waals surface area contributed by atoms with Gasteiger partial charge in [0.05, 0.1) is 6.10 Å². The van der Waals surface area contributed by atoms with Crippen LogP contribution in [0.4, 0.5) is 0 Å². The minimum absolute atomic E-state index is 0.540. The SMILES string of the molecule is CCNC(CC1CCCCO1)C1CCCC1. The lowest BCUT2D eigenvalue weighted by Gasteiger charge is -2.30. The number of hydrogen-bond donors (Lipinski definition) is 1. The Morgan fingerprint density at radius 1 is 1.12 bits per heavy atom. The number of nitrogens with one attached hydrogen (secondary N) is 1. The molecule has 0 bridgehead atoms. The van der Waals surface area contributed by atoms with Gasteiger partial charge in [-0.1, -0.05) is 19.8 Å². The predicted molar refractivity (Wildman–Crippen MR) is 67.6 cm³/mol. The van der Waals surface area contributed by atoms with Crippen LogP contribution < -0.4 is 5.32 Å². The molecule has 2 nitrogen and oxygen atoms in total. The summed E-state index contributed by atoms with van der Waals surface area (Å²) in [4.78, 5) is 0. The van der Waals surface area contributed by atoms with Crippen molar-refractivity contribution in [3.05, 3.63) is 0 Å². The van der Waals surface area contributed by atoms with Crippen molar-refractivity contribution in [3.63, 3.8) is 0 Å². The zero-order valence-corrected chi connectivity index (χ0v) is 10.7. The molecule has 2 aliphatic rings. The summed E-state index contributed by atoms with van der Waals surface area (Å²) in [6, 6.07) is 0.718. The molecule has 2 rings (SSSR count). The van der Waals surface area contributed by atoms with Crippen LogP contribution in [-0.4, -0.2) is 25.3 Å². The third-order valence-corrected chi connectivity index (χ3v) is 4.23. The molecule has 2 heteroatoms. The van der Waals surface area contributed by atoms with Gasteiger partial charge >= 0.3 is 0 Å². The first-order valence-corrected chi connectivity index (χ1v) is 7.25. The van der Waals surface area contributed by atoms with E-state index in [1.54, 1.807) is 0 Å². The molecule has 0 aromatic rings. The minimum Gasteiger partial charge on any atom is -0.378 e. The van der Waals surface area contributed by atoms with Crippen molar-refractivity contribution < 1.29 is 4.74 Å². The maximum atomic E-state index is 5.87. The second kappa shape index (κ2) is 6.61. The molecule has 1 saturated carbocycles. The van der Waals surface area contributed by atoms with Crippen LogP contribution in [0.1, 0.15) is 58.3 Å². The predicted octanol–water partition coefficient (Wildman–Crippen LogP) is 3.11. The molecule has 1 saturated heterocycles. The van der Waals surface area contributed by atoms with Gasteiger partial charge in [0.1, 0.15) is 0 Å². The van der Waals surface area contributed by atoms with E-state index in [2.05, 4.69) is 12.2 Å². The lowest BCUT2D eigenvalue weighted by molar-refractivity contribution is 0.00140. The molecule has 1 N–H and O–H groups in total. The van der Waals surface area contributed by atoms with Gasteiger partial charge in [-0.25, -0.2) is 0 Å². The summed E-state index contributed by atoms with van der Waals surface area (Å²) in [5, 5.41) is 3.69. The van der Waals surface area contributed by atoms with Crippen LogP contribution in [0, 0.1) is 5.92 Å². The summed E-state index contributed by atoms with van der Waals surface area (Å²) in [7, 11) is 0. The molecule has 2 unspecified atom stereocenters. The molecule has 0 amide bonds. The van der Waals surface area contributed by atoms with Gasteiger partial charge in [0.25, 0.3) is 0 Å². The molecular formula is C14H27NO. The highest BCUT2D eigenvalue weighted by atomic mass is 16.5.